The second-order valence-electron chi connectivity index (χ2n) is 8.16. The van der Waals surface area contributed by atoms with Gasteiger partial charge in [0, 0.05) is 51.7 Å². The Balaban J connectivity index is 1.50. The molecule has 0 aromatic heterocycles. The first-order valence-electron chi connectivity index (χ1n) is 11.1. The van der Waals surface area contributed by atoms with Crippen molar-refractivity contribution >= 4 is 46.4 Å². The summed E-state index contributed by atoms with van der Waals surface area (Å²) in [7, 11) is 0. The predicted octanol–water partition coefficient (Wildman–Crippen LogP) is 5.98. The van der Waals surface area contributed by atoms with Crippen LogP contribution in [0, 0.1) is 0 Å². The standard InChI is InChI=1S/C27H25Cl2N3O2/c1-2-12-30-24-11-13-32(25-6-4-3-5-19(25)16-24)27(34)18-7-9-23(10-8-18)31-26(33)20-14-21(28)17-22(29)15-20/h2-10,14-15,17,24,30H,1,11-13,16H2,(H,31,33). The molecule has 3 aromatic rings. The monoisotopic (exact) mass is 493 g/mol. The molecule has 5 nitrogen and oxygen atoms in total. The molecule has 1 unspecified atom stereocenters. The molecule has 34 heavy (non-hydrogen) atoms. The van der Waals surface area contributed by atoms with Crippen LogP contribution >= 0.6 is 23.2 Å². The first-order valence-corrected chi connectivity index (χ1v) is 11.8. The summed E-state index contributed by atoms with van der Waals surface area (Å²) in [5, 5.41) is 7.07. The SMILES string of the molecule is C=CCNC1CCN(C(=O)c2ccc(NC(=O)c3cc(Cl)cc(Cl)c3)cc2)c2ccccc2C1. The van der Waals surface area contributed by atoms with Crippen molar-refractivity contribution in [1.82, 2.24) is 5.32 Å². The molecule has 0 saturated carbocycles. The van der Waals surface area contributed by atoms with E-state index in [2.05, 4.69) is 23.3 Å². The van der Waals surface area contributed by atoms with Crippen LogP contribution in [-0.2, 0) is 6.42 Å². The van der Waals surface area contributed by atoms with Crippen LogP contribution in [-0.4, -0.2) is 30.9 Å². The number of carbonyl (C=O) groups is 2. The summed E-state index contributed by atoms with van der Waals surface area (Å²) in [6.07, 6.45) is 3.54. The smallest absolute Gasteiger partial charge is 0.258 e. The second kappa shape index (κ2) is 10.9. The first-order chi connectivity index (χ1) is 16.4. The minimum absolute atomic E-state index is 0.0729. The molecule has 0 aliphatic carbocycles. The number of hydrogen-bond acceptors (Lipinski definition) is 3. The van der Waals surface area contributed by atoms with E-state index in [1.54, 1.807) is 42.5 Å². The molecule has 0 spiro atoms. The fraction of sp³-hybridized carbons (Fsp3) is 0.185. The predicted molar refractivity (Wildman–Crippen MR) is 139 cm³/mol. The maximum atomic E-state index is 13.4. The van der Waals surface area contributed by atoms with Crippen LogP contribution in [0.1, 0.15) is 32.7 Å². The van der Waals surface area contributed by atoms with Gasteiger partial charge in [0.25, 0.3) is 11.8 Å². The highest BCUT2D eigenvalue weighted by atomic mass is 35.5. The average molecular weight is 494 g/mol. The largest absolute Gasteiger partial charge is 0.322 e. The van der Waals surface area contributed by atoms with E-state index < -0.39 is 0 Å². The maximum Gasteiger partial charge on any atom is 0.258 e. The lowest BCUT2D eigenvalue weighted by atomic mass is 10.0. The van der Waals surface area contributed by atoms with Crippen LogP contribution in [0.15, 0.2) is 79.4 Å². The van der Waals surface area contributed by atoms with Crippen LogP contribution in [0.2, 0.25) is 10.0 Å². The number of amides is 2. The number of nitrogens with one attached hydrogen (secondary N) is 2. The zero-order valence-corrected chi connectivity index (χ0v) is 20.1. The van der Waals surface area contributed by atoms with Gasteiger partial charge in [-0.3, -0.25) is 9.59 Å². The quantitative estimate of drug-likeness (QED) is 0.415. The number of hydrogen-bond donors (Lipinski definition) is 2. The Morgan fingerprint density at radius 2 is 1.71 bits per heavy atom. The van der Waals surface area contributed by atoms with Crippen molar-refractivity contribution in [2.75, 3.05) is 23.3 Å². The zero-order valence-electron chi connectivity index (χ0n) is 18.6. The Morgan fingerprint density at radius 3 is 2.41 bits per heavy atom. The topological polar surface area (TPSA) is 61.4 Å². The molecule has 7 heteroatoms. The van der Waals surface area contributed by atoms with Crippen LogP contribution in [0.3, 0.4) is 0 Å². The van der Waals surface area contributed by atoms with Crippen molar-refractivity contribution in [3.8, 4) is 0 Å². The lowest BCUT2D eigenvalue weighted by Crippen LogP contribution is -2.35. The van der Waals surface area contributed by atoms with E-state index in [0.29, 0.717) is 33.4 Å². The molecule has 2 amide bonds. The number of carbonyl (C=O) groups excluding carboxylic acids is 2. The second-order valence-corrected chi connectivity index (χ2v) is 9.03. The third-order valence-corrected chi connectivity index (χ3v) is 6.20. The van der Waals surface area contributed by atoms with Gasteiger partial charge in [0.2, 0.25) is 0 Å². The molecule has 0 bridgehead atoms. The van der Waals surface area contributed by atoms with Gasteiger partial charge in [-0.2, -0.15) is 0 Å². The summed E-state index contributed by atoms with van der Waals surface area (Å²) in [6, 6.07) is 19.9. The normalized spacial score (nSPS) is 15.2. The van der Waals surface area contributed by atoms with E-state index in [1.807, 2.05) is 29.2 Å². The molecular formula is C27H25Cl2N3O2. The van der Waals surface area contributed by atoms with Gasteiger partial charge in [-0.15, -0.1) is 6.58 Å². The van der Waals surface area contributed by atoms with Gasteiger partial charge in [0.1, 0.15) is 0 Å². The Kier molecular flexibility index (Phi) is 7.68. The number of benzene rings is 3. The summed E-state index contributed by atoms with van der Waals surface area (Å²) < 4.78 is 0. The zero-order chi connectivity index (χ0) is 24.1. The van der Waals surface area contributed by atoms with Crippen LogP contribution in [0.5, 0.6) is 0 Å². The number of halogens is 2. The molecule has 1 aliphatic rings. The molecule has 3 aromatic carbocycles. The van der Waals surface area contributed by atoms with Crippen LogP contribution in [0.25, 0.3) is 0 Å². The number of fused-ring (bicyclic) bond motifs is 1. The van der Waals surface area contributed by atoms with Gasteiger partial charge >= 0.3 is 0 Å². The molecule has 174 valence electrons. The van der Waals surface area contributed by atoms with E-state index >= 15 is 0 Å². The number of nitrogens with zero attached hydrogens (tertiary/aromatic N) is 1. The fourth-order valence-corrected chi connectivity index (χ4v) is 4.62. The van der Waals surface area contributed by atoms with E-state index in [9.17, 15) is 9.59 Å². The van der Waals surface area contributed by atoms with E-state index in [4.69, 9.17) is 23.2 Å². The molecule has 0 saturated heterocycles. The minimum atomic E-state index is -0.331. The van der Waals surface area contributed by atoms with Gasteiger partial charge in [0.05, 0.1) is 0 Å². The van der Waals surface area contributed by atoms with Crippen molar-refractivity contribution in [2.45, 2.75) is 18.9 Å². The average Bonchev–Trinajstić information content (AvgIpc) is 3.01. The third kappa shape index (κ3) is 5.68. The first kappa shape index (κ1) is 24.0. The Bertz CT molecular complexity index is 1190. The van der Waals surface area contributed by atoms with E-state index in [1.165, 1.54) is 0 Å². The summed E-state index contributed by atoms with van der Waals surface area (Å²) >= 11 is 12.0. The van der Waals surface area contributed by atoms with Crippen LogP contribution in [0.4, 0.5) is 11.4 Å². The number of rotatable bonds is 6. The van der Waals surface area contributed by atoms with Gasteiger partial charge < -0.3 is 15.5 Å². The number of anilines is 2. The van der Waals surface area contributed by atoms with Crippen molar-refractivity contribution in [3.05, 3.63) is 106 Å². The molecule has 0 fully saturated rings. The molecule has 1 aliphatic heterocycles. The molecule has 1 heterocycles. The summed E-state index contributed by atoms with van der Waals surface area (Å²) in [6.45, 7) is 5.12. The third-order valence-electron chi connectivity index (χ3n) is 5.76. The van der Waals surface area contributed by atoms with Gasteiger partial charge in [-0.25, -0.2) is 0 Å². The van der Waals surface area contributed by atoms with E-state index in [-0.39, 0.29) is 17.9 Å². The van der Waals surface area contributed by atoms with E-state index in [0.717, 1.165) is 30.6 Å². The van der Waals surface area contributed by atoms with Crippen LogP contribution < -0.4 is 15.5 Å². The highest BCUT2D eigenvalue weighted by molar-refractivity contribution is 6.35. The molecule has 2 N–H and O–H groups in total. The van der Waals surface area contributed by atoms with Gasteiger partial charge in [-0.05, 0) is 66.9 Å². The summed E-state index contributed by atoms with van der Waals surface area (Å²) in [5.74, 6) is -0.403. The maximum absolute atomic E-state index is 13.4. The Morgan fingerprint density at radius 1 is 1.00 bits per heavy atom. The van der Waals surface area contributed by atoms with Crippen molar-refractivity contribution in [2.24, 2.45) is 0 Å². The van der Waals surface area contributed by atoms with Crippen molar-refractivity contribution in [3.63, 3.8) is 0 Å². The lowest BCUT2D eigenvalue weighted by molar-refractivity contribution is 0.0985. The highest BCUT2D eigenvalue weighted by Gasteiger charge is 2.25. The highest BCUT2D eigenvalue weighted by Crippen LogP contribution is 2.28. The Hall–Kier alpha value is -3.12. The summed E-state index contributed by atoms with van der Waals surface area (Å²) in [4.78, 5) is 27.8. The fourth-order valence-electron chi connectivity index (χ4n) is 4.10. The minimum Gasteiger partial charge on any atom is -0.322 e. The molecule has 0 radical (unpaired) electrons. The molecular weight excluding hydrogens is 469 g/mol. The molecule has 1 atom stereocenters. The Labute approximate surface area is 209 Å². The number of para-hydroxylation sites is 1. The molecule has 4 rings (SSSR count). The lowest BCUT2D eigenvalue weighted by Gasteiger charge is -2.23. The van der Waals surface area contributed by atoms with Crippen molar-refractivity contribution in [1.29, 1.82) is 0 Å². The van der Waals surface area contributed by atoms with Crippen molar-refractivity contribution < 1.29 is 9.59 Å². The summed E-state index contributed by atoms with van der Waals surface area (Å²) in [5.41, 5.74) is 3.56. The van der Waals surface area contributed by atoms with Gasteiger partial charge in [0.15, 0.2) is 0 Å². The van der Waals surface area contributed by atoms with Gasteiger partial charge in [-0.1, -0.05) is 47.5 Å².